The molecule has 5 rings (SSSR count). The van der Waals surface area contributed by atoms with Crippen LogP contribution in [0.2, 0.25) is 0 Å². The van der Waals surface area contributed by atoms with E-state index in [1.54, 1.807) is 18.2 Å². The number of para-hydroxylation sites is 1. The number of nitrogens with one attached hydrogen (secondary N) is 1. The summed E-state index contributed by atoms with van der Waals surface area (Å²) in [5, 5.41) is 3.25. The van der Waals surface area contributed by atoms with E-state index in [1.807, 2.05) is 4.90 Å². The van der Waals surface area contributed by atoms with Crippen molar-refractivity contribution in [2.45, 2.75) is 37.0 Å². The van der Waals surface area contributed by atoms with Gasteiger partial charge < -0.3 is 15.1 Å². The molecule has 4 heterocycles. The maximum Gasteiger partial charge on any atom is 0.417 e. The molecule has 184 valence electrons. The van der Waals surface area contributed by atoms with Gasteiger partial charge >= 0.3 is 6.18 Å². The number of rotatable bonds is 3. The van der Waals surface area contributed by atoms with Crippen LogP contribution in [0.15, 0.2) is 30.3 Å². The molecule has 34 heavy (non-hydrogen) atoms. The number of benzene rings is 1. The summed E-state index contributed by atoms with van der Waals surface area (Å²) in [7, 11) is 0. The third-order valence-electron chi connectivity index (χ3n) is 7.05. The molecule has 0 unspecified atom stereocenters. The van der Waals surface area contributed by atoms with Crippen LogP contribution in [0.25, 0.3) is 10.9 Å². The molecule has 3 fully saturated rings. The van der Waals surface area contributed by atoms with Crippen molar-refractivity contribution >= 4 is 22.6 Å². The molecule has 0 bridgehead atoms. The number of aromatic nitrogens is 1. The molecule has 1 aromatic heterocycles. The van der Waals surface area contributed by atoms with Crippen LogP contribution in [-0.2, 0) is 11.0 Å². The van der Waals surface area contributed by atoms with Crippen molar-refractivity contribution in [2.75, 3.05) is 50.7 Å². The number of hydrogen-bond acceptors (Lipinski definition) is 5. The van der Waals surface area contributed by atoms with E-state index in [-0.39, 0.29) is 30.3 Å². The molecule has 0 spiro atoms. The maximum absolute atomic E-state index is 13.7. The van der Waals surface area contributed by atoms with Crippen LogP contribution >= 0.6 is 0 Å². The highest BCUT2D eigenvalue weighted by molar-refractivity contribution is 5.85. The fourth-order valence-corrected chi connectivity index (χ4v) is 5.20. The Labute approximate surface area is 193 Å². The van der Waals surface area contributed by atoms with E-state index in [0.717, 1.165) is 6.07 Å². The average molecular weight is 483 g/mol. The van der Waals surface area contributed by atoms with Gasteiger partial charge in [-0.3, -0.25) is 9.69 Å². The van der Waals surface area contributed by atoms with Crippen molar-refractivity contribution in [3.05, 3.63) is 35.9 Å². The fourth-order valence-electron chi connectivity index (χ4n) is 5.20. The van der Waals surface area contributed by atoms with Crippen LogP contribution in [-0.4, -0.2) is 84.5 Å². The zero-order valence-electron chi connectivity index (χ0n) is 18.5. The highest BCUT2D eigenvalue weighted by Crippen LogP contribution is 2.36. The van der Waals surface area contributed by atoms with Crippen molar-refractivity contribution in [1.82, 2.24) is 20.1 Å². The highest BCUT2D eigenvalue weighted by atomic mass is 19.4. The lowest BCUT2D eigenvalue weighted by molar-refractivity contribution is -0.136. The number of piperazine rings is 1. The van der Waals surface area contributed by atoms with E-state index < -0.39 is 30.2 Å². The number of likely N-dealkylation sites (tertiary alicyclic amines) is 1. The van der Waals surface area contributed by atoms with E-state index in [9.17, 15) is 26.7 Å². The Morgan fingerprint density at radius 1 is 1.09 bits per heavy atom. The van der Waals surface area contributed by atoms with Gasteiger partial charge in [0.15, 0.2) is 0 Å². The molecule has 0 aliphatic carbocycles. The van der Waals surface area contributed by atoms with Gasteiger partial charge in [-0.25, -0.2) is 13.8 Å². The smallest absolute Gasteiger partial charge is 0.354 e. The Kier molecular flexibility index (Phi) is 5.87. The van der Waals surface area contributed by atoms with Crippen molar-refractivity contribution in [2.24, 2.45) is 0 Å². The number of anilines is 1. The predicted molar refractivity (Wildman–Crippen MR) is 117 cm³/mol. The number of fused-ring (bicyclic) bond motifs is 1. The van der Waals surface area contributed by atoms with Crippen LogP contribution < -0.4 is 10.2 Å². The van der Waals surface area contributed by atoms with Gasteiger partial charge in [0.1, 0.15) is 5.82 Å². The van der Waals surface area contributed by atoms with Gasteiger partial charge in [-0.05, 0) is 18.6 Å². The number of hydrogen-bond donors (Lipinski definition) is 1. The van der Waals surface area contributed by atoms with Gasteiger partial charge in [-0.2, -0.15) is 13.2 Å². The van der Waals surface area contributed by atoms with E-state index in [1.165, 1.54) is 11.0 Å². The van der Waals surface area contributed by atoms with Gasteiger partial charge in [0, 0.05) is 57.1 Å². The normalized spacial score (nSPS) is 25.9. The fraction of sp³-hybridized carbons (Fsp3) is 0.565. The number of amides is 1. The van der Waals surface area contributed by atoms with Crippen LogP contribution in [0, 0.1) is 0 Å². The lowest BCUT2D eigenvalue weighted by Gasteiger charge is -2.38. The first-order valence-electron chi connectivity index (χ1n) is 11.5. The zero-order chi connectivity index (χ0) is 24.1. The molecule has 11 heteroatoms. The van der Waals surface area contributed by atoms with Crippen LogP contribution in [0.1, 0.15) is 18.4 Å². The minimum atomic E-state index is -4.48. The Morgan fingerprint density at radius 2 is 1.82 bits per heavy atom. The van der Waals surface area contributed by atoms with Crippen molar-refractivity contribution in [1.29, 1.82) is 0 Å². The summed E-state index contributed by atoms with van der Waals surface area (Å²) >= 11 is 0. The second kappa shape index (κ2) is 8.60. The molecule has 1 amide bonds. The van der Waals surface area contributed by atoms with E-state index in [0.29, 0.717) is 50.5 Å². The van der Waals surface area contributed by atoms with Gasteiger partial charge in [0.25, 0.3) is 5.92 Å². The van der Waals surface area contributed by atoms with Gasteiger partial charge in [-0.15, -0.1) is 0 Å². The summed E-state index contributed by atoms with van der Waals surface area (Å²) in [6.07, 6.45) is -4.24. The molecule has 2 aromatic rings. The Balaban J connectivity index is 1.22. The molecule has 1 N–H and O–H groups in total. The Morgan fingerprint density at radius 3 is 2.50 bits per heavy atom. The molecular weight excluding hydrogens is 457 g/mol. The second-order valence-corrected chi connectivity index (χ2v) is 9.28. The van der Waals surface area contributed by atoms with Crippen molar-refractivity contribution in [3.63, 3.8) is 0 Å². The lowest BCUT2D eigenvalue weighted by Crippen LogP contribution is -2.51. The summed E-state index contributed by atoms with van der Waals surface area (Å²) in [5.74, 6) is -2.79. The summed E-state index contributed by atoms with van der Waals surface area (Å²) < 4.78 is 67.9. The second-order valence-electron chi connectivity index (χ2n) is 9.28. The minimum Gasteiger partial charge on any atom is -0.354 e. The molecule has 3 aliphatic heterocycles. The molecular formula is C23H26F5N5O. The standard InChI is InChI=1S/C23H26F5N5O/c24-22(25)5-6-33(14-22)21(34)19-11-15(13-29-19)31-7-9-32(10-8-31)20-12-17(23(26,27)28)16-3-1-2-4-18(16)30-20/h1-4,12,15,19,29H,5-11,13-14H2/t15-,19-/m0/s1. The van der Waals surface area contributed by atoms with Gasteiger partial charge in [0.05, 0.1) is 23.7 Å². The van der Waals surface area contributed by atoms with E-state index in [4.69, 9.17) is 0 Å². The summed E-state index contributed by atoms with van der Waals surface area (Å²) in [6.45, 7) is 2.38. The molecule has 0 radical (unpaired) electrons. The number of alkyl halides is 5. The van der Waals surface area contributed by atoms with Crippen molar-refractivity contribution in [3.8, 4) is 0 Å². The summed E-state index contributed by atoms with van der Waals surface area (Å²) in [6, 6.07) is 6.98. The zero-order valence-corrected chi connectivity index (χ0v) is 18.5. The highest BCUT2D eigenvalue weighted by Gasteiger charge is 2.44. The summed E-state index contributed by atoms with van der Waals surface area (Å²) in [5.41, 5.74) is -0.382. The first-order chi connectivity index (χ1) is 16.1. The monoisotopic (exact) mass is 483 g/mol. The van der Waals surface area contributed by atoms with Crippen LogP contribution in [0.3, 0.4) is 0 Å². The molecule has 3 saturated heterocycles. The van der Waals surface area contributed by atoms with E-state index >= 15 is 0 Å². The number of carbonyl (C=O) groups is 1. The number of carbonyl (C=O) groups excluding carboxylic acids is 1. The summed E-state index contributed by atoms with van der Waals surface area (Å²) in [4.78, 5) is 22.4. The van der Waals surface area contributed by atoms with Gasteiger partial charge in [0.2, 0.25) is 5.91 Å². The largest absolute Gasteiger partial charge is 0.417 e. The first kappa shape index (κ1) is 23.2. The van der Waals surface area contributed by atoms with E-state index in [2.05, 4.69) is 15.2 Å². The Hall–Kier alpha value is -2.53. The quantitative estimate of drug-likeness (QED) is 0.681. The lowest BCUT2D eigenvalue weighted by atomic mass is 10.1. The van der Waals surface area contributed by atoms with Crippen molar-refractivity contribution < 1.29 is 26.7 Å². The Bertz CT molecular complexity index is 1070. The van der Waals surface area contributed by atoms with Crippen LogP contribution in [0.4, 0.5) is 27.8 Å². The molecule has 6 nitrogen and oxygen atoms in total. The molecule has 1 aromatic carbocycles. The molecule has 2 atom stereocenters. The third-order valence-corrected chi connectivity index (χ3v) is 7.05. The topological polar surface area (TPSA) is 51.7 Å². The predicted octanol–water partition coefficient (Wildman–Crippen LogP) is 2.97. The first-order valence-corrected chi connectivity index (χ1v) is 11.5. The SMILES string of the molecule is O=C([C@@H]1C[C@H](N2CCN(c3cc(C(F)(F)F)c4ccccc4n3)CC2)CN1)N1CCC(F)(F)C1. The number of pyridine rings is 1. The average Bonchev–Trinajstić information content (AvgIpc) is 3.44. The van der Waals surface area contributed by atoms with Crippen LogP contribution in [0.5, 0.6) is 0 Å². The number of halogens is 5. The maximum atomic E-state index is 13.7. The molecule has 0 saturated carbocycles. The number of nitrogens with zero attached hydrogens (tertiary/aromatic N) is 4. The molecule has 3 aliphatic rings. The van der Waals surface area contributed by atoms with Gasteiger partial charge in [-0.1, -0.05) is 18.2 Å². The third kappa shape index (κ3) is 4.55. The minimum absolute atomic E-state index is 0.0754.